The molecule has 0 saturated heterocycles. The van der Waals surface area contributed by atoms with E-state index in [-0.39, 0.29) is 13.0 Å². The third-order valence-electron chi connectivity index (χ3n) is 3.77. The Morgan fingerprint density at radius 2 is 2.27 bits per heavy atom. The predicted molar refractivity (Wildman–Crippen MR) is 77.1 cm³/mol. The van der Waals surface area contributed by atoms with Crippen LogP contribution in [0.1, 0.15) is 18.9 Å². The molecule has 0 aliphatic heterocycles. The number of benzene rings is 1. The van der Waals surface area contributed by atoms with Gasteiger partial charge in [0.05, 0.1) is 13.0 Å². The van der Waals surface area contributed by atoms with Gasteiger partial charge in [0.15, 0.2) is 0 Å². The number of methoxy groups -OCH3 is 1. The number of rotatable bonds is 5. The fraction of sp³-hybridized carbons (Fsp3) is 0.375. The summed E-state index contributed by atoms with van der Waals surface area (Å²) in [4.78, 5) is 23.8. The molecule has 1 aliphatic rings. The first-order valence-electron chi connectivity index (χ1n) is 6.75. The van der Waals surface area contributed by atoms with E-state index in [1.54, 1.807) is 36.7 Å². The van der Waals surface area contributed by atoms with Gasteiger partial charge in [-0.15, -0.1) is 5.92 Å². The molecule has 1 aromatic rings. The minimum Gasteiger partial charge on any atom is -0.481 e. The summed E-state index contributed by atoms with van der Waals surface area (Å²) in [6, 6.07) is 6.91. The molecule has 2 N–H and O–H groups in total. The van der Waals surface area contributed by atoms with E-state index in [2.05, 4.69) is 11.8 Å². The van der Waals surface area contributed by atoms with E-state index in [1.807, 2.05) is 0 Å². The zero-order valence-electron chi connectivity index (χ0n) is 12.4. The Morgan fingerprint density at radius 1 is 1.50 bits per heavy atom. The third kappa shape index (κ3) is 2.76. The lowest BCUT2D eigenvalue weighted by Crippen LogP contribution is -2.31. The zero-order chi connectivity index (χ0) is 16.2. The Kier molecular flexibility index (Phi) is 4.68. The summed E-state index contributed by atoms with van der Waals surface area (Å²) in [6.45, 7) is 1.96. The van der Waals surface area contributed by atoms with Crippen molar-refractivity contribution >= 4 is 11.9 Å². The van der Waals surface area contributed by atoms with Gasteiger partial charge in [0.1, 0.15) is 17.8 Å². The molecular formula is C16H17NO5. The number of carbonyl (C=O) groups is 2. The summed E-state index contributed by atoms with van der Waals surface area (Å²) in [5.74, 6) is 4.29. The lowest BCUT2D eigenvalue weighted by atomic mass is 9.92. The molecule has 0 radical (unpaired) electrons. The molecule has 0 spiro atoms. The average Bonchev–Trinajstić information content (AvgIpc) is 3.31. The van der Waals surface area contributed by atoms with E-state index >= 15 is 0 Å². The molecule has 1 saturated carbocycles. The Bertz CT molecular complexity index is 645. The monoisotopic (exact) mass is 303 g/mol. The second-order valence-corrected chi connectivity index (χ2v) is 4.94. The smallest absolute Gasteiger partial charge is 0.317 e. The fourth-order valence-electron chi connectivity index (χ4n) is 2.56. The number of hydroxylamine groups is 1. The van der Waals surface area contributed by atoms with Gasteiger partial charge in [0.25, 0.3) is 0 Å². The van der Waals surface area contributed by atoms with Crippen molar-refractivity contribution in [3.8, 4) is 17.6 Å². The standard InChI is InChI=1S/C16H17NO5/c1-3-4-8-22-12-7-5-6-11(9-12)16(15(19)21-2)10-13(16)14(18)17-20/h5-7,9,13,20H,8,10H2,1-2H3,(H,17,18). The number of esters is 1. The number of hydrogen-bond donors (Lipinski definition) is 2. The van der Waals surface area contributed by atoms with Gasteiger partial charge >= 0.3 is 5.97 Å². The molecule has 0 bridgehead atoms. The molecule has 6 nitrogen and oxygen atoms in total. The number of amides is 1. The Labute approximate surface area is 128 Å². The van der Waals surface area contributed by atoms with E-state index in [4.69, 9.17) is 14.7 Å². The topological polar surface area (TPSA) is 84.9 Å². The van der Waals surface area contributed by atoms with Crippen molar-refractivity contribution in [2.75, 3.05) is 13.7 Å². The summed E-state index contributed by atoms with van der Waals surface area (Å²) in [5, 5.41) is 8.79. The quantitative estimate of drug-likeness (QED) is 0.367. The van der Waals surface area contributed by atoms with Crippen molar-refractivity contribution < 1.29 is 24.3 Å². The highest BCUT2D eigenvalue weighted by atomic mass is 16.5. The van der Waals surface area contributed by atoms with Gasteiger partial charge < -0.3 is 9.47 Å². The SMILES string of the molecule is CC#CCOc1cccc(C2(C(=O)OC)CC2C(=O)NO)c1. The normalized spacial score (nSPS) is 22.0. The van der Waals surface area contributed by atoms with E-state index < -0.39 is 23.2 Å². The second kappa shape index (κ2) is 6.50. The summed E-state index contributed by atoms with van der Waals surface area (Å²) >= 11 is 0. The van der Waals surface area contributed by atoms with Crippen LogP contribution in [0.3, 0.4) is 0 Å². The Morgan fingerprint density at radius 3 is 2.91 bits per heavy atom. The summed E-state index contributed by atoms with van der Waals surface area (Å²) in [5.41, 5.74) is 1.14. The lowest BCUT2D eigenvalue weighted by Gasteiger charge is -2.16. The molecule has 2 unspecified atom stereocenters. The molecule has 1 fully saturated rings. The van der Waals surface area contributed by atoms with Crippen LogP contribution in [0.4, 0.5) is 0 Å². The molecule has 2 atom stereocenters. The van der Waals surface area contributed by atoms with Gasteiger partial charge in [-0.2, -0.15) is 0 Å². The first-order valence-corrected chi connectivity index (χ1v) is 6.75. The fourth-order valence-corrected chi connectivity index (χ4v) is 2.56. The van der Waals surface area contributed by atoms with E-state index in [9.17, 15) is 9.59 Å². The minimum atomic E-state index is -1.07. The predicted octanol–water partition coefficient (Wildman–Crippen LogP) is 1.02. The number of ether oxygens (including phenoxy) is 2. The van der Waals surface area contributed by atoms with Gasteiger partial charge in [-0.05, 0) is 31.0 Å². The first-order chi connectivity index (χ1) is 10.6. The van der Waals surface area contributed by atoms with E-state index in [1.165, 1.54) is 7.11 Å². The van der Waals surface area contributed by atoms with Crippen LogP contribution in [0.15, 0.2) is 24.3 Å². The van der Waals surface area contributed by atoms with Crippen LogP contribution >= 0.6 is 0 Å². The molecule has 1 aliphatic carbocycles. The van der Waals surface area contributed by atoms with Crippen LogP contribution < -0.4 is 10.2 Å². The van der Waals surface area contributed by atoms with Gasteiger partial charge in [0, 0.05) is 0 Å². The van der Waals surface area contributed by atoms with Crippen LogP contribution in [0, 0.1) is 17.8 Å². The second-order valence-electron chi connectivity index (χ2n) is 4.94. The zero-order valence-corrected chi connectivity index (χ0v) is 12.4. The van der Waals surface area contributed by atoms with Gasteiger partial charge in [0.2, 0.25) is 5.91 Å². The van der Waals surface area contributed by atoms with Crippen molar-refractivity contribution in [2.45, 2.75) is 18.8 Å². The maximum absolute atomic E-state index is 12.2. The van der Waals surface area contributed by atoms with Crippen LogP contribution in [0.25, 0.3) is 0 Å². The Balaban J connectivity index is 2.29. The van der Waals surface area contributed by atoms with Crippen LogP contribution in [0.5, 0.6) is 5.75 Å². The molecular weight excluding hydrogens is 286 g/mol. The summed E-state index contributed by atoms with van der Waals surface area (Å²) in [7, 11) is 1.27. The van der Waals surface area contributed by atoms with Crippen molar-refractivity contribution in [1.29, 1.82) is 0 Å². The lowest BCUT2D eigenvalue weighted by molar-refractivity contribution is -0.146. The van der Waals surface area contributed by atoms with E-state index in [0.717, 1.165) is 0 Å². The summed E-state index contributed by atoms with van der Waals surface area (Å²) < 4.78 is 10.3. The molecule has 0 heterocycles. The number of nitrogens with one attached hydrogen (secondary N) is 1. The first kappa shape index (κ1) is 15.9. The van der Waals surface area contributed by atoms with Gasteiger partial charge in [-0.3, -0.25) is 14.8 Å². The highest BCUT2D eigenvalue weighted by molar-refractivity contribution is 5.97. The minimum absolute atomic E-state index is 0.242. The molecule has 0 aromatic heterocycles. The number of carbonyl (C=O) groups excluding carboxylic acids is 2. The molecule has 6 heteroatoms. The molecule has 116 valence electrons. The van der Waals surface area contributed by atoms with Crippen molar-refractivity contribution in [1.82, 2.24) is 5.48 Å². The third-order valence-corrected chi connectivity index (χ3v) is 3.77. The molecule has 2 rings (SSSR count). The highest BCUT2D eigenvalue weighted by Gasteiger charge is 2.65. The van der Waals surface area contributed by atoms with Crippen LogP contribution in [0.2, 0.25) is 0 Å². The van der Waals surface area contributed by atoms with Gasteiger partial charge in [-0.25, -0.2) is 5.48 Å². The van der Waals surface area contributed by atoms with Crippen molar-refractivity contribution in [3.63, 3.8) is 0 Å². The maximum atomic E-state index is 12.2. The maximum Gasteiger partial charge on any atom is 0.317 e. The molecule has 1 amide bonds. The molecule has 1 aromatic carbocycles. The van der Waals surface area contributed by atoms with Gasteiger partial charge in [-0.1, -0.05) is 18.1 Å². The average molecular weight is 303 g/mol. The Hall–Kier alpha value is -2.52. The largest absolute Gasteiger partial charge is 0.481 e. The summed E-state index contributed by atoms with van der Waals surface area (Å²) in [6.07, 6.45) is 0.282. The van der Waals surface area contributed by atoms with E-state index in [0.29, 0.717) is 11.3 Å². The van der Waals surface area contributed by atoms with Crippen LogP contribution in [-0.2, 0) is 19.7 Å². The van der Waals surface area contributed by atoms with Crippen molar-refractivity contribution in [3.05, 3.63) is 29.8 Å². The van der Waals surface area contributed by atoms with Crippen molar-refractivity contribution in [2.24, 2.45) is 5.92 Å². The number of hydrogen-bond acceptors (Lipinski definition) is 5. The molecule has 22 heavy (non-hydrogen) atoms. The van der Waals surface area contributed by atoms with Crippen LogP contribution in [-0.4, -0.2) is 30.8 Å². The highest BCUT2D eigenvalue weighted by Crippen LogP contribution is 2.55.